The summed E-state index contributed by atoms with van der Waals surface area (Å²) in [7, 11) is 0. The Labute approximate surface area is 129 Å². The number of rotatable bonds is 7. The number of carbonyl (C=O) groups is 2. The Kier molecular flexibility index (Phi) is 5.77. The highest BCUT2D eigenvalue weighted by atomic mass is 16.5. The van der Waals surface area contributed by atoms with E-state index in [1.807, 2.05) is 6.92 Å². The lowest BCUT2D eigenvalue weighted by molar-refractivity contribution is -0.129. The summed E-state index contributed by atoms with van der Waals surface area (Å²) < 4.78 is 0. The lowest BCUT2D eigenvalue weighted by Crippen LogP contribution is -2.25. The number of aryl methyl sites for hydroxylation is 1. The standard InChI is InChI=1S/C16H23N3O3/c1-11-12-7-4-5-8-13(12)18-15(11)16(21)17-10-6-2-3-9-14(20)19-22/h4,7,18,22H,2-3,5-6,8-10H2,1H3,(H,17,21)(H,19,20). The summed E-state index contributed by atoms with van der Waals surface area (Å²) in [6, 6.07) is 0. The Balaban J connectivity index is 1.75. The maximum absolute atomic E-state index is 12.2. The van der Waals surface area contributed by atoms with Gasteiger partial charge in [0.15, 0.2) is 0 Å². The van der Waals surface area contributed by atoms with E-state index in [9.17, 15) is 9.59 Å². The summed E-state index contributed by atoms with van der Waals surface area (Å²) in [6.45, 7) is 2.55. The van der Waals surface area contributed by atoms with Crippen molar-refractivity contribution in [3.05, 3.63) is 28.6 Å². The number of H-pyrrole nitrogens is 1. The highest BCUT2D eigenvalue weighted by Gasteiger charge is 2.18. The highest BCUT2D eigenvalue weighted by Crippen LogP contribution is 2.24. The molecule has 22 heavy (non-hydrogen) atoms. The van der Waals surface area contributed by atoms with E-state index in [4.69, 9.17) is 5.21 Å². The molecule has 4 N–H and O–H groups in total. The average molecular weight is 305 g/mol. The van der Waals surface area contributed by atoms with Crippen LogP contribution >= 0.6 is 0 Å². The Bertz CT molecular complexity index is 575. The SMILES string of the molecule is Cc1c(C(=O)NCCCCCC(=O)NO)[nH]c2c1C=CCC2. The molecule has 0 saturated carbocycles. The van der Waals surface area contributed by atoms with Gasteiger partial charge in [-0.2, -0.15) is 0 Å². The minimum absolute atomic E-state index is 0.0756. The molecule has 0 fully saturated rings. The van der Waals surface area contributed by atoms with Crippen LogP contribution in [-0.4, -0.2) is 28.6 Å². The molecule has 2 amide bonds. The van der Waals surface area contributed by atoms with E-state index >= 15 is 0 Å². The minimum Gasteiger partial charge on any atom is -0.354 e. The van der Waals surface area contributed by atoms with E-state index < -0.39 is 0 Å². The molecule has 0 bridgehead atoms. The van der Waals surface area contributed by atoms with Gasteiger partial charge in [-0.1, -0.05) is 18.6 Å². The maximum Gasteiger partial charge on any atom is 0.267 e. The van der Waals surface area contributed by atoms with E-state index in [-0.39, 0.29) is 11.8 Å². The van der Waals surface area contributed by atoms with E-state index in [0.717, 1.165) is 42.5 Å². The Morgan fingerprint density at radius 2 is 2.14 bits per heavy atom. The number of aromatic nitrogens is 1. The molecule has 1 aliphatic rings. The molecule has 1 heterocycles. The van der Waals surface area contributed by atoms with E-state index in [1.54, 1.807) is 5.48 Å². The topological polar surface area (TPSA) is 94.2 Å². The second-order valence-electron chi connectivity index (χ2n) is 5.56. The van der Waals surface area contributed by atoms with Crippen molar-refractivity contribution in [1.29, 1.82) is 0 Å². The Morgan fingerprint density at radius 1 is 1.32 bits per heavy atom. The van der Waals surface area contributed by atoms with Gasteiger partial charge in [0, 0.05) is 18.7 Å². The first-order chi connectivity index (χ1) is 10.6. The molecular formula is C16H23N3O3. The predicted octanol–water partition coefficient (Wildman–Crippen LogP) is 2.08. The van der Waals surface area contributed by atoms with Gasteiger partial charge in [0.1, 0.15) is 5.69 Å². The zero-order chi connectivity index (χ0) is 15.9. The van der Waals surface area contributed by atoms with Gasteiger partial charge in [0.25, 0.3) is 5.91 Å². The number of hydroxylamine groups is 1. The fraction of sp³-hybridized carbons (Fsp3) is 0.500. The van der Waals surface area contributed by atoms with Crippen molar-refractivity contribution < 1.29 is 14.8 Å². The molecule has 0 radical (unpaired) electrons. The van der Waals surface area contributed by atoms with Gasteiger partial charge >= 0.3 is 0 Å². The smallest absolute Gasteiger partial charge is 0.267 e. The van der Waals surface area contributed by atoms with Gasteiger partial charge in [0.2, 0.25) is 5.91 Å². The summed E-state index contributed by atoms with van der Waals surface area (Å²) in [6.07, 6.45) is 8.81. The molecule has 0 aliphatic heterocycles. The van der Waals surface area contributed by atoms with Crippen molar-refractivity contribution in [3.8, 4) is 0 Å². The molecule has 2 rings (SSSR count). The maximum atomic E-state index is 12.2. The summed E-state index contributed by atoms with van der Waals surface area (Å²) >= 11 is 0. The predicted molar refractivity (Wildman–Crippen MR) is 83.6 cm³/mol. The van der Waals surface area contributed by atoms with Crippen LogP contribution in [0.5, 0.6) is 0 Å². The Hall–Kier alpha value is -2.08. The number of amides is 2. The van der Waals surface area contributed by atoms with Gasteiger partial charge in [-0.25, -0.2) is 5.48 Å². The fourth-order valence-electron chi connectivity index (χ4n) is 2.69. The third-order valence-corrected chi connectivity index (χ3v) is 3.94. The third kappa shape index (κ3) is 3.98. The van der Waals surface area contributed by atoms with Crippen LogP contribution in [0.2, 0.25) is 0 Å². The number of carbonyl (C=O) groups excluding carboxylic acids is 2. The largest absolute Gasteiger partial charge is 0.354 e. The third-order valence-electron chi connectivity index (χ3n) is 3.94. The quantitative estimate of drug-likeness (QED) is 0.353. The molecule has 0 atom stereocenters. The monoisotopic (exact) mass is 305 g/mol. The van der Waals surface area contributed by atoms with Gasteiger partial charge in [-0.05, 0) is 43.7 Å². The first-order valence-electron chi connectivity index (χ1n) is 7.72. The second-order valence-corrected chi connectivity index (χ2v) is 5.56. The van der Waals surface area contributed by atoms with Crippen LogP contribution in [-0.2, 0) is 11.2 Å². The van der Waals surface area contributed by atoms with Crippen LogP contribution in [0.1, 0.15) is 59.4 Å². The fourth-order valence-corrected chi connectivity index (χ4v) is 2.69. The van der Waals surface area contributed by atoms with Gasteiger partial charge in [0.05, 0.1) is 0 Å². The first-order valence-corrected chi connectivity index (χ1v) is 7.72. The van der Waals surface area contributed by atoms with Crippen LogP contribution in [0, 0.1) is 6.92 Å². The molecule has 6 nitrogen and oxygen atoms in total. The van der Waals surface area contributed by atoms with E-state index in [2.05, 4.69) is 22.5 Å². The summed E-state index contributed by atoms with van der Waals surface area (Å²) in [5.41, 5.74) is 5.54. The van der Waals surface area contributed by atoms with Gasteiger partial charge in [-0.15, -0.1) is 0 Å². The van der Waals surface area contributed by atoms with Crippen molar-refractivity contribution in [1.82, 2.24) is 15.8 Å². The first kappa shape index (κ1) is 16.3. The van der Waals surface area contributed by atoms with Crippen LogP contribution in [0.3, 0.4) is 0 Å². The molecule has 0 spiro atoms. The second kappa shape index (κ2) is 7.79. The summed E-state index contributed by atoms with van der Waals surface area (Å²) in [4.78, 5) is 26.3. The van der Waals surface area contributed by atoms with Crippen LogP contribution in [0.15, 0.2) is 6.08 Å². The number of allylic oxidation sites excluding steroid dienone is 1. The molecule has 1 aromatic heterocycles. The molecule has 6 heteroatoms. The molecular weight excluding hydrogens is 282 g/mol. The Morgan fingerprint density at radius 3 is 2.86 bits per heavy atom. The molecule has 120 valence electrons. The van der Waals surface area contributed by atoms with Crippen molar-refractivity contribution >= 4 is 17.9 Å². The van der Waals surface area contributed by atoms with Crippen LogP contribution < -0.4 is 10.8 Å². The normalized spacial score (nSPS) is 12.8. The number of unbranched alkanes of at least 4 members (excludes halogenated alkanes) is 2. The van der Waals surface area contributed by atoms with Crippen LogP contribution in [0.4, 0.5) is 0 Å². The summed E-state index contributed by atoms with van der Waals surface area (Å²) in [5, 5.41) is 11.3. The molecule has 1 aromatic rings. The minimum atomic E-state index is -0.371. The van der Waals surface area contributed by atoms with Gasteiger partial charge < -0.3 is 10.3 Å². The molecule has 0 aromatic carbocycles. The van der Waals surface area contributed by atoms with Gasteiger partial charge in [-0.3, -0.25) is 14.8 Å². The average Bonchev–Trinajstić information content (AvgIpc) is 2.87. The van der Waals surface area contributed by atoms with E-state index in [0.29, 0.717) is 25.1 Å². The molecule has 0 unspecified atom stereocenters. The number of hydrogen-bond acceptors (Lipinski definition) is 3. The van der Waals surface area contributed by atoms with Crippen molar-refractivity contribution in [2.45, 2.75) is 45.4 Å². The number of fused-ring (bicyclic) bond motifs is 1. The number of hydrogen-bond donors (Lipinski definition) is 4. The van der Waals surface area contributed by atoms with Crippen molar-refractivity contribution in [2.75, 3.05) is 6.54 Å². The highest BCUT2D eigenvalue weighted by molar-refractivity contribution is 5.95. The van der Waals surface area contributed by atoms with Crippen molar-refractivity contribution in [2.24, 2.45) is 0 Å². The van der Waals surface area contributed by atoms with Crippen molar-refractivity contribution in [3.63, 3.8) is 0 Å². The number of aromatic amines is 1. The molecule has 0 saturated heterocycles. The zero-order valence-electron chi connectivity index (χ0n) is 12.9. The number of nitrogens with one attached hydrogen (secondary N) is 3. The van der Waals surface area contributed by atoms with Crippen LogP contribution in [0.25, 0.3) is 6.08 Å². The lowest BCUT2D eigenvalue weighted by Gasteiger charge is -2.05. The molecule has 1 aliphatic carbocycles. The summed E-state index contributed by atoms with van der Waals surface area (Å²) in [5.74, 6) is -0.446. The lowest BCUT2D eigenvalue weighted by atomic mass is 10.0. The van der Waals surface area contributed by atoms with E-state index in [1.165, 1.54) is 0 Å². The zero-order valence-corrected chi connectivity index (χ0v) is 12.9.